The average Bonchev–Trinajstić information content (AvgIpc) is 2.43. The van der Waals surface area contributed by atoms with Crippen LogP contribution in [0.5, 0.6) is 0 Å². The average molecular weight is 145 g/mol. The summed E-state index contributed by atoms with van der Waals surface area (Å²) in [7, 11) is 3.35. The van der Waals surface area contributed by atoms with Gasteiger partial charge < -0.3 is 14.8 Å². The lowest BCUT2D eigenvalue weighted by Crippen LogP contribution is -2.37. The highest BCUT2D eigenvalue weighted by atomic mass is 16.7. The summed E-state index contributed by atoms with van der Waals surface area (Å²) in [5.74, 6) is 0. The van der Waals surface area contributed by atoms with Gasteiger partial charge in [0.15, 0.2) is 6.29 Å². The van der Waals surface area contributed by atoms with Gasteiger partial charge in [0.25, 0.3) is 0 Å². The lowest BCUT2D eigenvalue weighted by Gasteiger charge is -2.19. The normalized spacial score (nSPS) is 26.1. The van der Waals surface area contributed by atoms with Gasteiger partial charge in [-0.05, 0) is 19.4 Å². The van der Waals surface area contributed by atoms with Gasteiger partial charge in [-0.3, -0.25) is 0 Å². The summed E-state index contributed by atoms with van der Waals surface area (Å²) in [6.45, 7) is 1.09. The van der Waals surface area contributed by atoms with Crippen molar-refractivity contribution < 1.29 is 9.47 Å². The molecule has 1 rings (SSSR count). The van der Waals surface area contributed by atoms with Crippen LogP contribution in [-0.4, -0.2) is 33.1 Å². The monoisotopic (exact) mass is 145 g/mol. The fourth-order valence-corrected chi connectivity index (χ4v) is 1.37. The van der Waals surface area contributed by atoms with Gasteiger partial charge >= 0.3 is 0 Å². The van der Waals surface area contributed by atoms with E-state index in [0.717, 1.165) is 13.0 Å². The van der Waals surface area contributed by atoms with Crippen molar-refractivity contribution in [3.05, 3.63) is 0 Å². The van der Waals surface area contributed by atoms with Crippen LogP contribution in [0.2, 0.25) is 0 Å². The summed E-state index contributed by atoms with van der Waals surface area (Å²) in [4.78, 5) is 0. The van der Waals surface area contributed by atoms with Gasteiger partial charge in [-0.25, -0.2) is 0 Å². The summed E-state index contributed by atoms with van der Waals surface area (Å²) >= 11 is 0. The van der Waals surface area contributed by atoms with Crippen molar-refractivity contribution in [1.29, 1.82) is 0 Å². The first kappa shape index (κ1) is 7.98. The van der Waals surface area contributed by atoms with E-state index in [9.17, 15) is 0 Å². The molecule has 0 aromatic heterocycles. The Morgan fingerprint density at radius 3 is 2.50 bits per heavy atom. The van der Waals surface area contributed by atoms with E-state index in [1.807, 2.05) is 0 Å². The van der Waals surface area contributed by atoms with E-state index in [1.165, 1.54) is 6.42 Å². The molecular weight excluding hydrogens is 130 g/mol. The van der Waals surface area contributed by atoms with Crippen molar-refractivity contribution in [3.8, 4) is 0 Å². The van der Waals surface area contributed by atoms with Crippen LogP contribution >= 0.6 is 0 Å². The molecule has 1 fully saturated rings. The van der Waals surface area contributed by atoms with Crippen LogP contribution in [0.4, 0.5) is 0 Å². The number of hydrogen-bond donors (Lipinski definition) is 1. The Kier molecular flexibility index (Phi) is 3.12. The van der Waals surface area contributed by atoms with Gasteiger partial charge in [0, 0.05) is 14.2 Å². The maximum Gasteiger partial charge on any atom is 0.171 e. The molecule has 0 saturated carbocycles. The van der Waals surface area contributed by atoms with E-state index in [1.54, 1.807) is 14.2 Å². The van der Waals surface area contributed by atoms with Crippen molar-refractivity contribution in [1.82, 2.24) is 5.32 Å². The van der Waals surface area contributed by atoms with Gasteiger partial charge in [0.05, 0.1) is 6.04 Å². The van der Waals surface area contributed by atoms with E-state index < -0.39 is 0 Å². The molecule has 1 aliphatic rings. The zero-order valence-electron chi connectivity index (χ0n) is 6.59. The fraction of sp³-hybridized carbons (Fsp3) is 1.00. The van der Waals surface area contributed by atoms with E-state index in [-0.39, 0.29) is 6.29 Å². The minimum absolute atomic E-state index is 0.0671. The molecule has 0 radical (unpaired) electrons. The first-order valence-corrected chi connectivity index (χ1v) is 3.67. The molecule has 1 N–H and O–H groups in total. The van der Waals surface area contributed by atoms with Crippen molar-refractivity contribution in [2.75, 3.05) is 20.8 Å². The van der Waals surface area contributed by atoms with Gasteiger partial charge in [-0.1, -0.05) is 0 Å². The quantitative estimate of drug-likeness (QED) is 0.581. The lowest BCUT2D eigenvalue weighted by molar-refractivity contribution is -0.119. The molecule has 3 nitrogen and oxygen atoms in total. The minimum Gasteiger partial charge on any atom is -0.354 e. The van der Waals surface area contributed by atoms with Crippen molar-refractivity contribution in [2.45, 2.75) is 25.2 Å². The fourth-order valence-electron chi connectivity index (χ4n) is 1.37. The zero-order valence-corrected chi connectivity index (χ0v) is 6.59. The first-order valence-electron chi connectivity index (χ1n) is 3.67. The highest BCUT2D eigenvalue weighted by Gasteiger charge is 2.23. The Bertz CT molecular complexity index is 87.6. The number of nitrogens with one attached hydrogen (secondary N) is 1. The SMILES string of the molecule is COC(OC)C1CCCN1. The maximum absolute atomic E-state index is 5.10. The van der Waals surface area contributed by atoms with Crippen LogP contribution < -0.4 is 5.32 Å². The molecule has 1 saturated heterocycles. The van der Waals surface area contributed by atoms with Crippen LogP contribution in [0.25, 0.3) is 0 Å². The number of methoxy groups -OCH3 is 2. The second kappa shape index (κ2) is 3.91. The molecular formula is C7H15NO2. The summed E-state index contributed by atoms with van der Waals surface area (Å²) in [6.07, 6.45) is 2.32. The molecule has 1 atom stereocenters. The van der Waals surface area contributed by atoms with E-state index in [0.29, 0.717) is 6.04 Å². The van der Waals surface area contributed by atoms with Crippen LogP contribution in [0.15, 0.2) is 0 Å². The van der Waals surface area contributed by atoms with Gasteiger partial charge in [-0.15, -0.1) is 0 Å². The Hall–Kier alpha value is -0.120. The smallest absolute Gasteiger partial charge is 0.171 e. The zero-order chi connectivity index (χ0) is 7.40. The highest BCUT2D eigenvalue weighted by molar-refractivity contribution is 4.76. The Balaban J connectivity index is 2.29. The molecule has 0 aliphatic carbocycles. The molecule has 0 spiro atoms. The van der Waals surface area contributed by atoms with E-state index in [2.05, 4.69) is 5.32 Å². The third kappa shape index (κ3) is 1.68. The molecule has 1 heterocycles. The largest absolute Gasteiger partial charge is 0.354 e. The lowest BCUT2D eigenvalue weighted by atomic mass is 10.2. The molecule has 0 aromatic carbocycles. The van der Waals surface area contributed by atoms with Crippen LogP contribution in [0.3, 0.4) is 0 Å². The third-order valence-corrected chi connectivity index (χ3v) is 1.89. The van der Waals surface area contributed by atoms with E-state index in [4.69, 9.17) is 9.47 Å². The summed E-state index contributed by atoms with van der Waals surface area (Å²) in [6, 6.07) is 0.398. The highest BCUT2D eigenvalue weighted by Crippen LogP contribution is 2.11. The second-order valence-electron chi connectivity index (χ2n) is 2.54. The molecule has 1 unspecified atom stereocenters. The predicted octanol–water partition coefficient (Wildman–Crippen LogP) is 0.357. The predicted molar refractivity (Wildman–Crippen MR) is 38.8 cm³/mol. The van der Waals surface area contributed by atoms with Crippen LogP contribution in [0, 0.1) is 0 Å². The molecule has 0 aromatic rings. The van der Waals surface area contributed by atoms with Crippen molar-refractivity contribution >= 4 is 0 Å². The minimum atomic E-state index is -0.0671. The molecule has 10 heavy (non-hydrogen) atoms. The van der Waals surface area contributed by atoms with Crippen molar-refractivity contribution in [2.24, 2.45) is 0 Å². The molecule has 0 bridgehead atoms. The summed E-state index contributed by atoms with van der Waals surface area (Å²) < 4.78 is 10.2. The summed E-state index contributed by atoms with van der Waals surface area (Å²) in [5, 5.41) is 3.31. The molecule has 3 heteroatoms. The number of rotatable bonds is 3. The third-order valence-electron chi connectivity index (χ3n) is 1.89. The Morgan fingerprint density at radius 1 is 1.40 bits per heavy atom. The van der Waals surface area contributed by atoms with Gasteiger partial charge in [-0.2, -0.15) is 0 Å². The topological polar surface area (TPSA) is 30.5 Å². The van der Waals surface area contributed by atoms with Gasteiger partial charge in [0.1, 0.15) is 0 Å². The van der Waals surface area contributed by atoms with Gasteiger partial charge in [0.2, 0.25) is 0 Å². The second-order valence-corrected chi connectivity index (χ2v) is 2.54. The molecule has 60 valence electrons. The van der Waals surface area contributed by atoms with Crippen molar-refractivity contribution in [3.63, 3.8) is 0 Å². The number of hydrogen-bond acceptors (Lipinski definition) is 3. The Labute approximate surface area is 61.7 Å². The van der Waals surface area contributed by atoms with E-state index >= 15 is 0 Å². The summed E-state index contributed by atoms with van der Waals surface area (Å²) in [5.41, 5.74) is 0. The molecule has 1 aliphatic heterocycles. The first-order chi connectivity index (χ1) is 4.88. The van der Waals surface area contributed by atoms with Crippen LogP contribution in [-0.2, 0) is 9.47 Å². The maximum atomic E-state index is 5.10. The molecule has 0 amide bonds. The number of ether oxygens (including phenoxy) is 2. The standard InChI is InChI=1S/C7H15NO2/c1-9-7(10-2)6-4-3-5-8-6/h6-8H,3-5H2,1-2H3. The van der Waals surface area contributed by atoms with Crippen LogP contribution in [0.1, 0.15) is 12.8 Å². The Morgan fingerprint density at radius 2 is 2.10 bits per heavy atom.